The fourth-order valence-corrected chi connectivity index (χ4v) is 17.2. The Hall–Kier alpha value is -15.7. The quantitative estimate of drug-likeness (QED) is 0.133. The third kappa shape index (κ3) is 10.3. The van der Waals surface area contributed by atoms with Crippen LogP contribution in [0.1, 0.15) is 0 Å². The highest BCUT2D eigenvalue weighted by atomic mass is 16.3. The SMILES string of the molecule is c1ccc(-c2ccc(-c3nc(-c4cccc5c4oc4ccccc45)nc(-n4c5ccccc5c5ccc6c7ccccc7n(-c7ccccc7)c6c54)n3)cc2)cc1.c1ccc(-c2cccc(-c3nc(-c4ccc5c(c4)oc4ccccc45)nc(-n4c5ccccc5c5ccc6c7ccccc7n(-c7ccccc7)c6c54)n3)c2)cc1. The second kappa shape index (κ2) is 26.0. The summed E-state index contributed by atoms with van der Waals surface area (Å²) in [4.78, 5) is 31.9. The molecule has 0 aliphatic heterocycles. The van der Waals surface area contributed by atoms with Crippen molar-refractivity contribution in [2.75, 3.05) is 0 Å². The fraction of sp³-hybridized carbons (Fsp3) is 0. The van der Waals surface area contributed by atoms with E-state index in [4.69, 9.17) is 38.7 Å². The molecule has 0 atom stereocenters. The first kappa shape index (κ1) is 64.3. The van der Waals surface area contributed by atoms with E-state index in [1.807, 2.05) is 54.6 Å². The standard InChI is InChI=1S/2C51H31N5O/c1-3-14-32(15-4-1)33-16-13-17-34(30-33)49-52-50(35-26-27-40-39-22-9-12-25-45(39)57-46(40)31-35)54-51(53-49)56-44-24-11-8-21-38(44)42-29-28-41-37-20-7-10-23-43(37)55(47(41)48(42)56)36-18-5-2-6-19-36;1-3-14-32(15-4-1)33-26-28-34(29-27-33)49-52-50(42-22-13-21-41-38-20-9-12-25-45(38)57-48(41)42)54-51(53-49)56-44-24-11-8-19-37(44)40-31-30-39-36-18-7-10-23-43(36)55(46(39)47(40)56)35-16-5-2-6-17-35/h2*1-31H. The van der Waals surface area contributed by atoms with Gasteiger partial charge in [0.05, 0.1) is 49.7 Å². The number of nitrogens with zero attached hydrogens (tertiary/aromatic N) is 10. The molecule has 12 heteroatoms. The first-order chi connectivity index (χ1) is 56.5. The Morgan fingerprint density at radius 3 is 1.04 bits per heavy atom. The van der Waals surface area contributed by atoms with E-state index in [1.165, 1.54) is 10.8 Å². The molecule has 0 saturated heterocycles. The maximum atomic E-state index is 6.56. The molecule has 0 spiro atoms. The average Bonchev–Trinajstić information content (AvgIpc) is 1.55. The molecule has 24 aromatic rings. The largest absolute Gasteiger partial charge is 0.456 e. The third-order valence-corrected chi connectivity index (χ3v) is 22.4. The zero-order chi connectivity index (χ0) is 74.9. The zero-order valence-electron chi connectivity index (χ0n) is 61.1. The summed E-state index contributed by atoms with van der Waals surface area (Å²) < 4.78 is 22.2. The number of hydrogen-bond donors (Lipinski definition) is 0. The zero-order valence-corrected chi connectivity index (χ0v) is 61.1. The van der Waals surface area contributed by atoms with Gasteiger partial charge in [-0.15, -0.1) is 0 Å². The van der Waals surface area contributed by atoms with Gasteiger partial charge in [0, 0.05) is 92.7 Å². The lowest BCUT2D eigenvalue weighted by Gasteiger charge is -2.13. The van der Waals surface area contributed by atoms with E-state index in [0.717, 1.165) is 176 Å². The molecular formula is C102H62N10O2. The molecule has 0 aliphatic carbocycles. The molecule has 0 radical (unpaired) electrons. The second-order valence-electron chi connectivity index (χ2n) is 28.8. The molecule has 12 nitrogen and oxygen atoms in total. The van der Waals surface area contributed by atoms with Gasteiger partial charge in [0.25, 0.3) is 0 Å². The molecule has 0 unspecified atom stereocenters. The van der Waals surface area contributed by atoms with Crippen LogP contribution < -0.4 is 0 Å². The smallest absolute Gasteiger partial charge is 0.238 e. The molecule has 0 N–H and O–H groups in total. The molecule has 114 heavy (non-hydrogen) atoms. The minimum Gasteiger partial charge on any atom is -0.456 e. The van der Waals surface area contributed by atoms with Crippen LogP contribution in [0.3, 0.4) is 0 Å². The number of benzene rings is 16. The molecular weight excluding hydrogens is 1400 g/mol. The Morgan fingerprint density at radius 2 is 0.509 bits per heavy atom. The maximum absolute atomic E-state index is 6.56. The molecule has 0 amide bonds. The van der Waals surface area contributed by atoms with Gasteiger partial charge in [-0.25, -0.2) is 9.97 Å². The summed E-state index contributed by atoms with van der Waals surface area (Å²) in [6.45, 7) is 0. The summed E-state index contributed by atoms with van der Waals surface area (Å²) in [5.74, 6) is 3.31. The highest BCUT2D eigenvalue weighted by Crippen LogP contribution is 2.46. The number of fused-ring (bicyclic) bond motifs is 20. The van der Waals surface area contributed by atoms with Crippen molar-refractivity contribution in [1.82, 2.24) is 48.2 Å². The van der Waals surface area contributed by atoms with Crippen LogP contribution in [-0.2, 0) is 0 Å². The van der Waals surface area contributed by atoms with E-state index in [2.05, 4.69) is 340 Å². The molecule has 0 aliphatic rings. The number of rotatable bonds is 10. The van der Waals surface area contributed by atoms with Crippen molar-refractivity contribution in [3.63, 3.8) is 0 Å². The van der Waals surface area contributed by atoms with Crippen molar-refractivity contribution in [2.24, 2.45) is 0 Å². The van der Waals surface area contributed by atoms with Gasteiger partial charge in [-0.1, -0.05) is 291 Å². The Balaban J connectivity index is 0.000000135. The van der Waals surface area contributed by atoms with E-state index in [-0.39, 0.29) is 0 Å². The lowest BCUT2D eigenvalue weighted by atomic mass is 10.0. The first-order valence-corrected chi connectivity index (χ1v) is 38.2. The lowest BCUT2D eigenvalue weighted by Crippen LogP contribution is -2.07. The molecule has 16 aromatic carbocycles. The average molecular weight is 1460 g/mol. The van der Waals surface area contributed by atoms with E-state index in [1.54, 1.807) is 0 Å². The highest BCUT2D eigenvalue weighted by Gasteiger charge is 2.28. The molecule has 532 valence electrons. The predicted octanol–water partition coefficient (Wildman–Crippen LogP) is 25.9. The fourth-order valence-electron chi connectivity index (χ4n) is 17.2. The van der Waals surface area contributed by atoms with Crippen LogP contribution in [-0.4, -0.2) is 48.2 Å². The van der Waals surface area contributed by atoms with Gasteiger partial charge in [-0.2, -0.15) is 19.9 Å². The van der Waals surface area contributed by atoms with Crippen molar-refractivity contribution in [1.29, 1.82) is 0 Å². The molecule has 24 rings (SSSR count). The topological polar surface area (TPSA) is 123 Å². The van der Waals surface area contributed by atoms with Gasteiger partial charge in [-0.3, -0.25) is 9.13 Å². The first-order valence-electron chi connectivity index (χ1n) is 38.2. The monoisotopic (exact) mass is 1460 g/mol. The van der Waals surface area contributed by atoms with Gasteiger partial charge in [-0.05, 0) is 107 Å². The highest BCUT2D eigenvalue weighted by molar-refractivity contribution is 6.25. The molecule has 0 fully saturated rings. The number of furan rings is 2. The molecule has 8 heterocycles. The minimum atomic E-state index is 0.527. The van der Waals surface area contributed by atoms with Gasteiger partial charge < -0.3 is 18.0 Å². The van der Waals surface area contributed by atoms with Crippen molar-refractivity contribution < 1.29 is 8.83 Å². The number of para-hydroxylation sites is 9. The van der Waals surface area contributed by atoms with E-state index in [0.29, 0.717) is 35.2 Å². The molecule has 0 bridgehead atoms. The predicted molar refractivity (Wildman–Crippen MR) is 464 cm³/mol. The van der Waals surface area contributed by atoms with Crippen LogP contribution in [0, 0.1) is 0 Å². The minimum absolute atomic E-state index is 0.527. The Morgan fingerprint density at radius 1 is 0.184 bits per heavy atom. The van der Waals surface area contributed by atoms with Crippen LogP contribution in [0.2, 0.25) is 0 Å². The lowest BCUT2D eigenvalue weighted by molar-refractivity contribution is 0.669. The van der Waals surface area contributed by atoms with Gasteiger partial charge in [0.15, 0.2) is 23.3 Å². The van der Waals surface area contributed by atoms with Crippen molar-refractivity contribution in [2.45, 2.75) is 0 Å². The summed E-state index contributed by atoms with van der Waals surface area (Å²) in [5, 5.41) is 13.4. The number of hydrogen-bond acceptors (Lipinski definition) is 8. The third-order valence-electron chi connectivity index (χ3n) is 22.4. The number of aromatic nitrogens is 10. The normalized spacial score (nSPS) is 11.9. The van der Waals surface area contributed by atoms with Crippen LogP contribution >= 0.6 is 0 Å². The molecule has 0 saturated carbocycles. The summed E-state index contributed by atoms with van der Waals surface area (Å²) >= 11 is 0. The van der Waals surface area contributed by atoms with Crippen molar-refractivity contribution in [3.05, 3.63) is 376 Å². The maximum Gasteiger partial charge on any atom is 0.238 e. The van der Waals surface area contributed by atoms with Gasteiger partial charge in [0.2, 0.25) is 11.9 Å². The van der Waals surface area contributed by atoms with Gasteiger partial charge in [0.1, 0.15) is 22.3 Å². The van der Waals surface area contributed by atoms with E-state index >= 15 is 0 Å². The Labute approximate surface area is 651 Å². The van der Waals surface area contributed by atoms with Crippen molar-refractivity contribution in [3.8, 4) is 91.1 Å². The molecule has 8 aromatic heterocycles. The summed E-state index contributed by atoms with van der Waals surface area (Å²) in [6, 6.07) is 131. The summed E-state index contributed by atoms with van der Waals surface area (Å²) in [7, 11) is 0. The summed E-state index contributed by atoms with van der Waals surface area (Å²) in [6.07, 6.45) is 0. The van der Waals surface area contributed by atoms with Crippen LogP contribution in [0.5, 0.6) is 0 Å². The van der Waals surface area contributed by atoms with Crippen LogP contribution in [0.4, 0.5) is 0 Å². The summed E-state index contributed by atoms with van der Waals surface area (Å²) in [5.41, 5.74) is 21.8. The van der Waals surface area contributed by atoms with E-state index < -0.39 is 0 Å². The van der Waals surface area contributed by atoms with Gasteiger partial charge >= 0.3 is 0 Å². The Kier molecular flexibility index (Phi) is 14.7. The Bertz CT molecular complexity index is 7970. The van der Waals surface area contributed by atoms with Crippen LogP contribution in [0.15, 0.2) is 385 Å². The van der Waals surface area contributed by atoms with Crippen molar-refractivity contribution >= 4 is 131 Å². The second-order valence-corrected chi connectivity index (χ2v) is 28.8. The van der Waals surface area contributed by atoms with E-state index in [9.17, 15) is 0 Å². The van der Waals surface area contributed by atoms with Crippen LogP contribution in [0.25, 0.3) is 222 Å².